The smallest absolute Gasteiger partial charge is 0.232 e. The zero-order chi connectivity index (χ0) is 14.0. The molecule has 1 fully saturated rings. The maximum Gasteiger partial charge on any atom is 0.232 e. The van der Waals surface area contributed by atoms with Crippen LogP contribution in [-0.2, 0) is 4.79 Å². The molecular formula is C14H18ClFN2O. The van der Waals surface area contributed by atoms with Crippen LogP contribution >= 0.6 is 11.6 Å². The lowest BCUT2D eigenvalue weighted by atomic mass is 9.75. The van der Waals surface area contributed by atoms with Gasteiger partial charge in [-0.3, -0.25) is 4.79 Å². The second kappa shape index (κ2) is 5.47. The van der Waals surface area contributed by atoms with Crippen molar-refractivity contribution in [2.24, 2.45) is 11.3 Å². The van der Waals surface area contributed by atoms with Gasteiger partial charge >= 0.3 is 0 Å². The van der Waals surface area contributed by atoms with Gasteiger partial charge in [0.15, 0.2) is 0 Å². The summed E-state index contributed by atoms with van der Waals surface area (Å²) in [6.45, 7) is 5.48. The summed E-state index contributed by atoms with van der Waals surface area (Å²) in [6.07, 6.45) is 0.770. The van der Waals surface area contributed by atoms with Gasteiger partial charge in [0.2, 0.25) is 5.91 Å². The molecule has 1 aliphatic rings. The molecule has 19 heavy (non-hydrogen) atoms. The Kier molecular flexibility index (Phi) is 4.11. The molecule has 0 saturated carbocycles. The van der Waals surface area contributed by atoms with Gasteiger partial charge in [0.25, 0.3) is 0 Å². The molecule has 0 aromatic heterocycles. The van der Waals surface area contributed by atoms with Crippen LogP contribution in [0.4, 0.5) is 10.1 Å². The Morgan fingerprint density at radius 3 is 2.79 bits per heavy atom. The number of rotatable bonds is 3. The Balaban J connectivity index is 2.20. The third-order valence-electron chi connectivity index (χ3n) is 3.93. The minimum absolute atomic E-state index is 0.131. The molecule has 5 heteroatoms. The molecule has 0 radical (unpaired) electrons. The van der Waals surface area contributed by atoms with E-state index in [2.05, 4.69) is 10.6 Å². The monoisotopic (exact) mass is 284 g/mol. The Morgan fingerprint density at radius 2 is 2.26 bits per heavy atom. The maximum absolute atomic E-state index is 13.7. The highest BCUT2D eigenvalue weighted by Crippen LogP contribution is 2.35. The summed E-state index contributed by atoms with van der Waals surface area (Å²) in [5.74, 6) is -0.447. The second-order valence-electron chi connectivity index (χ2n) is 5.32. The Labute approximate surface area is 117 Å². The maximum atomic E-state index is 13.7. The SMILES string of the molecule is CC(C)C1(C(=O)Nc2ccc(Cl)cc2F)CCNC1. The van der Waals surface area contributed by atoms with E-state index in [1.54, 1.807) is 6.07 Å². The number of hydrogen-bond acceptors (Lipinski definition) is 2. The summed E-state index contributed by atoms with van der Waals surface area (Å²) in [7, 11) is 0. The predicted octanol–water partition coefficient (Wildman–Crippen LogP) is 3.05. The fourth-order valence-corrected chi connectivity index (χ4v) is 2.66. The summed E-state index contributed by atoms with van der Waals surface area (Å²) in [5.41, 5.74) is -0.284. The highest BCUT2D eigenvalue weighted by atomic mass is 35.5. The third kappa shape index (κ3) is 2.74. The van der Waals surface area contributed by atoms with E-state index in [-0.39, 0.29) is 17.5 Å². The number of carbonyl (C=O) groups excluding carboxylic acids is 1. The first-order valence-corrected chi connectivity index (χ1v) is 6.81. The minimum atomic E-state index is -0.509. The Morgan fingerprint density at radius 1 is 1.53 bits per heavy atom. The zero-order valence-electron chi connectivity index (χ0n) is 11.1. The van der Waals surface area contributed by atoms with E-state index in [4.69, 9.17) is 11.6 Å². The topological polar surface area (TPSA) is 41.1 Å². The van der Waals surface area contributed by atoms with Gasteiger partial charge in [0, 0.05) is 11.6 Å². The van der Waals surface area contributed by atoms with E-state index in [0.29, 0.717) is 11.6 Å². The van der Waals surface area contributed by atoms with Crippen LogP contribution in [0.25, 0.3) is 0 Å². The van der Waals surface area contributed by atoms with Crippen LogP contribution in [0.15, 0.2) is 18.2 Å². The quantitative estimate of drug-likeness (QED) is 0.896. The van der Waals surface area contributed by atoms with Crippen LogP contribution < -0.4 is 10.6 Å². The summed E-state index contributed by atoms with van der Waals surface area (Å²) in [5, 5.41) is 6.21. The van der Waals surface area contributed by atoms with Crippen molar-refractivity contribution in [1.82, 2.24) is 5.32 Å². The number of carbonyl (C=O) groups is 1. The molecule has 1 amide bonds. The van der Waals surface area contributed by atoms with E-state index in [9.17, 15) is 9.18 Å². The molecule has 2 rings (SSSR count). The molecule has 0 bridgehead atoms. The Hall–Kier alpha value is -1.13. The lowest BCUT2D eigenvalue weighted by Crippen LogP contribution is -2.42. The van der Waals surface area contributed by atoms with Gasteiger partial charge in [-0.15, -0.1) is 0 Å². The fourth-order valence-electron chi connectivity index (χ4n) is 2.50. The van der Waals surface area contributed by atoms with Crippen molar-refractivity contribution in [2.45, 2.75) is 20.3 Å². The lowest BCUT2D eigenvalue weighted by molar-refractivity contribution is -0.126. The molecule has 1 heterocycles. The summed E-state index contributed by atoms with van der Waals surface area (Å²) in [4.78, 5) is 12.5. The third-order valence-corrected chi connectivity index (χ3v) is 4.16. The van der Waals surface area contributed by atoms with Gasteiger partial charge in [0.05, 0.1) is 11.1 Å². The summed E-state index contributed by atoms with van der Waals surface area (Å²) in [6, 6.07) is 4.26. The predicted molar refractivity (Wildman–Crippen MR) is 74.8 cm³/mol. The molecule has 1 unspecified atom stereocenters. The molecule has 1 aromatic carbocycles. The van der Waals surface area contributed by atoms with Crippen molar-refractivity contribution in [3.8, 4) is 0 Å². The van der Waals surface area contributed by atoms with Crippen molar-refractivity contribution in [1.29, 1.82) is 0 Å². The highest BCUT2D eigenvalue weighted by molar-refractivity contribution is 6.30. The molecule has 1 saturated heterocycles. The number of nitrogens with one attached hydrogen (secondary N) is 2. The average Bonchev–Trinajstić information content (AvgIpc) is 2.83. The Bertz CT molecular complexity index is 484. The van der Waals surface area contributed by atoms with E-state index in [1.807, 2.05) is 13.8 Å². The standard InChI is InChI=1S/C14H18ClFN2O/c1-9(2)14(5-6-17-8-14)13(19)18-12-4-3-10(15)7-11(12)16/h3-4,7,9,17H,5-6,8H2,1-2H3,(H,18,19). The van der Waals surface area contributed by atoms with Crippen molar-refractivity contribution >= 4 is 23.2 Å². The van der Waals surface area contributed by atoms with E-state index in [0.717, 1.165) is 13.0 Å². The van der Waals surface area contributed by atoms with Crippen LogP contribution in [0.3, 0.4) is 0 Å². The molecule has 2 N–H and O–H groups in total. The normalized spacial score (nSPS) is 22.8. The van der Waals surface area contributed by atoms with Crippen molar-refractivity contribution in [2.75, 3.05) is 18.4 Å². The van der Waals surface area contributed by atoms with Gasteiger partial charge in [-0.1, -0.05) is 25.4 Å². The van der Waals surface area contributed by atoms with Gasteiger partial charge in [-0.2, -0.15) is 0 Å². The molecule has 1 aliphatic heterocycles. The van der Waals surface area contributed by atoms with Crippen molar-refractivity contribution < 1.29 is 9.18 Å². The van der Waals surface area contributed by atoms with Gasteiger partial charge in [-0.25, -0.2) is 4.39 Å². The summed E-state index contributed by atoms with van der Waals surface area (Å²) >= 11 is 5.70. The molecule has 0 spiro atoms. The molecule has 1 aromatic rings. The van der Waals surface area contributed by atoms with Crippen LogP contribution in [0, 0.1) is 17.2 Å². The van der Waals surface area contributed by atoms with E-state index in [1.165, 1.54) is 12.1 Å². The molecule has 1 atom stereocenters. The number of benzene rings is 1. The molecular weight excluding hydrogens is 267 g/mol. The first-order valence-electron chi connectivity index (χ1n) is 6.43. The fraction of sp³-hybridized carbons (Fsp3) is 0.500. The van der Waals surface area contributed by atoms with Crippen LogP contribution in [0.2, 0.25) is 5.02 Å². The minimum Gasteiger partial charge on any atom is -0.323 e. The average molecular weight is 285 g/mol. The number of anilines is 1. The second-order valence-corrected chi connectivity index (χ2v) is 5.75. The van der Waals surface area contributed by atoms with Gasteiger partial charge < -0.3 is 10.6 Å². The highest BCUT2D eigenvalue weighted by Gasteiger charge is 2.44. The molecule has 0 aliphatic carbocycles. The number of amides is 1. The largest absolute Gasteiger partial charge is 0.323 e. The zero-order valence-corrected chi connectivity index (χ0v) is 11.9. The van der Waals surface area contributed by atoms with Crippen LogP contribution in [0.5, 0.6) is 0 Å². The van der Waals surface area contributed by atoms with E-state index < -0.39 is 11.2 Å². The van der Waals surface area contributed by atoms with Crippen LogP contribution in [-0.4, -0.2) is 19.0 Å². The summed E-state index contributed by atoms with van der Waals surface area (Å²) < 4.78 is 13.7. The first-order chi connectivity index (χ1) is 8.95. The van der Waals surface area contributed by atoms with Crippen molar-refractivity contribution in [3.63, 3.8) is 0 Å². The number of hydrogen-bond donors (Lipinski definition) is 2. The first kappa shape index (κ1) is 14.3. The molecule has 104 valence electrons. The lowest BCUT2D eigenvalue weighted by Gasteiger charge is -2.31. The van der Waals surface area contributed by atoms with Crippen molar-refractivity contribution in [3.05, 3.63) is 29.0 Å². The van der Waals surface area contributed by atoms with E-state index >= 15 is 0 Å². The van der Waals surface area contributed by atoms with Crippen LogP contribution in [0.1, 0.15) is 20.3 Å². The number of halogens is 2. The molecule has 3 nitrogen and oxygen atoms in total. The van der Waals surface area contributed by atoms with Gasteiger partial charge in [0.1, 0.15) is 5.82 Å². The van der Waals surface area contributed by atoms with Gasteiger partial charge in [-0.05, 0) is 37.1 Å².